The molecule has 22 heavy (non-hydrogen) atoms. The zero-order valence-corrected chi connectivity index (χ0v) is 14.6. The first-order valence-electron chi connectivity index (χ1n) is 7.35. The molecule has 124 valence electrons. The summed E-state index contributed by atoms with van der Waals surface area (Å²) in [5.74, 6) is 0. The van der Waals surface area contributed by atoms with Crippen molar-refractivity contribution in [1.82, 2.24) is 0 Å². The van der Waals surface area contributed by atoms with Crippen LogP contribution < -0.4 is 5.73 Å². The van der Waals surface area contributed by atoms with Gasteiger partial charge in [0.2, 0.25) is 0 Å². The highest BCUT2D eigenvalue weighted by Crippen LogP contribution is 2.40. The molecule has 0 atom stereocenters. The SMILES string of the molecule is CS(=O)(=O)c1ccc(C2(CN)CCCCC2)cc1S(C)(=O)=O. The monoisotopic (exact) mass is 345 g/mol. The van der Waals surface area contributed by atoms with Gasteiger partial charge in [-0.15, -0.1) is 0 Å². The standard InChI is InChI=1S/C15H23NO4S2/c1-21(17,18)13-7-6-12(10-14(13)22(2,19)20)15(11-16)8-4-3-5-9-15/h6-7,10H,3-5,8-9,11,16H2,1-2H3. The number of rotatable bonds is 4. The first kappa shape index (κ1) is 17.4. The number of sulfone groups is 2. The second-order valence-corrected chi connectivity index (χ2v) is 10.2. The minimum atomic E-state index is -3.63. The summed E-state index contributed by atoms with van der Waals surface area (Å²) in [5, 5.41) is 0. The minimum absolute atomic E-state index is 0.120. The van der Waals surface area contributed by atoms with Crippen molar-refractivity contribution in [2.24, 2.45) is 5.73 Å². The molecule has 1 fully saturated rings. The Bertz CT molecular complexity index is 761. The Balaban J connectivity index is 2.66. The summed E-state index contributed by atoms with van der Waals surface area (Å²) in [5.41, 5.74) is 6.58. The van der Waals surface area contributed by atoms with Crippen LogP contribution in [0.4, 0.5) is 0 Å². The van der Waals surface area contributed by atoms with E-state index in [0.29, 0.717) is 6.54 Å². The first-order valence-corrected chi connectivity index (χ1v) is 11.1. The molecule has 0 saturated heterocycles. The van der Waals surface area contributed by atoms with Crippen LogP contribution >= 0.6 is 0 Å². The Kier molecular flexibility index (Phi) is 4.71. The van der Waals surface area contributed by atoms with Gasteiger partial charge in [-0.25, -0.2) is 16.8 Å². The van der Waals surface area contributed by atoms with E-state index in [4.69, 9.17) is 5.73 Å². The van der Waals surface area contributed by atoms with Crippen LogP contribution in [0.2, 0.25) is 0 Å². The van der Waals surface area contributed by atoms with E-state index in [-0.39, 0.29) is 15.2 Å². The summed E-state index contributed by atoms with van der Waals surface area (Å²) >= 11 is 0. The highest BCUT2D eigenvalue weighted by Gasteiger charge is 2.34. The van der Waals surface area contributed by atoms with Crippen molar-refractivity contribution in [3.63, 3.8) is 0 Å². The van der Waals surface area contributed by atoms with Gasteiger partial charge in [0.15, 0.2) is 19.7 Å². The first-order chi connectivity index (χ1) is 10.1. The van der Waals surface area contributed by atoms with Gasteiger partial charge < -0.3 is 5.73 Å². The fourth-order valence-electron chi connectivity index (χ4n) is 3.27. The highest BCUT2D eigenvalue weighted by molar-refractivity contribution is 7.93. The second kappa shape index (κ2) is 5.94. The van der Waals surface area contributed by atoms with Crippen molar-refractivity contribution in [3.8, 4) is 0 Å². The van der Waals surface area contributed by atoms with Gasteiger partial charge in [-0.05, 0) is 30.5 Å². The second-order valence-electron chi connectivity index (χ2n) is 6.25. The summed E-state index contributed by atoms with van der Waals surface area (Å²) < 4.78 is 47.8. The van der Waals surface area contributed by atoms with Crippen LogP contribution in [0.1, 0.15) is 37.7 Å². The molecule has 5 nitrogen and oxygen atoms in total. The van der Waals surface area contributed by atoms with Crippen LogP contribution in [0.3, 0.4) is 0 Å². The summed E-state index contributed by atoms with van der Waals surface area (Å²) in [4.78, 5) is -0.257. The summed E-state index contributed by atoms with van der Waals surface area (Å²) in [6.07, 6.45) is 7.14. The Morgan fingerprint density at radius 1 is 0.955 bits per heavy atom. The lowest BCUT2D eigenvalue weighted by Gasteiger charge is -2.37. The molecule has 2 N–H and O–H groups in total. The number of nitrogens with two attached hydrogens (primary N) is 1. The lowest BCUT2D eigenvalue weighted by atomic mass is 9.69. The number of hydrogen-bond acceptors (Lipinski definition) is 5. The molecule has 0 spiro atoms. The maximum Gasteiger partial charge on any atom is 0.176 e. The molecule has 0 aromatic heterocycles. The predicted molar refractivity (Wildman–Crippen MR) is 86.5 cm³/mol. The third-order valence-corrected chi connectivity index (χ3v) is 6.98. The van der Waals surface area contributed by atoms with E-state index in [9.17, 15) is 16.8 Å². The quantitative estimate of drug-likeness (QED) is 0.895. The summed E-state index contributed by atoms with van der Waals surface area (Å²) in [7, 11) is -7.23. The average Bonchev–Trinajstić information content (AvgIpc) is 2.45. The Morgan fingerprint density at radius 2 is 1.50 bits per heavy atom. The van der Waals surface area contributed by atoms with Crippen LogP contribution in [0.15, 0.2) is 28.0 Å². The predicted octanol–water partition coefficient (Wildman–Crippen LogP) is 1.65. The summed E-state index contributed by atoms with van der Waals surface area (Å²) in [6.45, 7) is 0.439. The maximum atomic E-state index is 12.0. The van der Waals surface area contributed by atoms with Crippen molar-refractivity contribution in [2.45, 2.75) is 47.3 Å². The molecule has 1 aromatic rings. The zero-order chi connectivity index (χ0) is 16.6. The molecule has 7 heteroatoms. The van der Waals surface area contributed by atoms with Crippen LogP contribution in [0.5, 0.6) is 0 Å². The number of hydrogen-bond donors (Lipinski definition) is 1. The van der Waals surface area contributed by atoms with Gasteiger partial charge >= 0.3 is 0 Å². The lowest BCUT2D eigenvalue weighted by molar-refractivity contribution is 0.300. The molecule has 1 aromatic carbocycles. The minimum Gasteiger partial charge on any atom is -0.330 e. The highest BCUT2D eigenvalue weighted by atomic mass is 32.2. The largest absolute Gasteiger partial charge is 0.330 e. The van der Waals surface area contributed by atoms with Crippen molar-refractivity contribution < 1.29 is 16.8 Å². The van der Waals surface area contributed by atoms with Crippen molar-refractivity contribution in [3.05, 3.63) is 23.8 Å². The summed E-state index contributed by atoms with van der Waals surface area (Å²) in [6, 6.07) is 4.65. The van der Waals surface area contributed by atoms with E-state index < -0.39 is 19.7 Å². The van der Waals surface area contributed by atoms with Gasteiger partial charge in [-0.1, -0.05) is 25.3 Å². The molecule has 2 rings (SSSR count). The molecule has 0 amide bonds. The molecule has 1 aliphatic rings. The topological polar surface area (TPSA) is 94.3 Å². The smallest absolute Gasteiger partial charge is 0.176 e. The number of benzene rings is 1. The van der Waals surface area contributed by atoms with Gasteiger partial charge in [0.05, 0.1) is 9.79 Å². The Hall–Kier alpha value is -0.920. The third kappa shape index (κ3) is 3.36. The Labute approximate surface area is 132 Å². The molecule has 0 aliphatic heterocycles. The molecule has 0 bridgehead atoms. The van der Waals surface area contributed by atoms with Crippen molar-refractivity contribution in [1.29, 1.82) is 0 Å². The maximum absolute atomic E-state index is 12.0. The van der Waals surface area contributed by atoms with E-state index in [1.807, 2.05) is 0 Å². The fourth-order valence-corrected chi connectivity index (χ4v) is 5.70. The molecular weight excluding hydrogens is 322 g/mol. The Morgan fingerprint density at radius 3 is 1.95 bits per heavy atom. The lowest BCUT2D eigenvalue weighted by Crippen LogP contribution is -2.37. The van der Waals surface area contributed by atoms with Crippen molar-refractivity contribution in [2.75, 3.05) is 19.1 Å². The van der Waals surface area contributed by atoms with E-state index in [0.717, 1.165) is 50.2 Å². The van der Waals surface area contributed by atoms with E-state index in [1.54, 1.807) is 6.07 Å². The van der Waals surface area contributed by atoms with Crippen molar-refractivity contribution >= 4 is 19.7 Å². The van der Waals surface area contributed by atoms with Crippen LogP contribution in [0.25, 0.3) is 0 Å². The zero-order valence-electron chi connectivity index (χ0n) is 13.0. The molecule has 0 heterocycles. The van der Waals surface area contributed by atoms with Gasteiger partial charge in [-0.2, -0.15) is 0 Å². The molecule has 1 saturated carbocycles. The van der Waals surface area contributed by atoms with Gasteiger partial charge in [0.25, 0.3) is 0 Å². The van der Waals surface area contributed by atoms with Crippen LogP contribution in [0, 0.1) is 0 Å². The fraction of sp³-hybridized carbons (Fsp3) is 0.600. The normalized spacial score (nSPS) is 19.0. The van der Waals surface area contributed by atoms with Gasteiger partial charge in [-0.3, -0.25) is 0 Å². The molecular formula is C15H23NO4S2. The van der Waals surface area contributed by atoms with E-state index >= 15 is 0 Å². The van der Waals surface area contributed by atoms with E-state index in [2.05, 4.69) is 0 Å². The van der Waals surface area contributed by atoms with Gasteiger partial charge in [0.1, 0.15) is 0 Å². The molecule has 0 radical (unpaired) electrons. The van der Waals surface area contributed by atoms with Crippen LogP contribution in [-0.4, -0.2) is 35.9 Å². The molecule has 0 unspecified atom stereocenters. The van der Waals surface area contributed by atoms with Gasteiger partial charge in [0, 0.05) is 24.5 Å². The third-order valence-electron chi connectivity index (χ3n) is 4.56. The molecule has 1 aliphatic carbocycles. The average molecular weight is 345 g/mol. The van der Waals surface area contributed by atoms with Crippen LogP contribution in [-0.2, 0) is 25.1 Å². The van der Waals surface area contributed by atoms with E-state index in [1.165, 1.54) is 12.1 Å².